The molecule has 0 spiro atoms. The summed E-state index contributed by atoms with van der Waals surface area (Å²) in [7, 11) is 1.68. The summed E-state index contributed by atoms with van der Waals surface area (Å²) in [5, 5.41) is 0. The van der Waals surface area contributed by atoms with Crippen molar-refractivity contribution in [3.05, 3.63) is 100 Å². The second-order valence-corrected chi connectivity index (χ2v) is 6.31. The summed E-state index contributed by atoms with van der Waals surface area (Å²) in [6, 6.07) is 20.7. The normalized spacial score (nSPS) is 11.8. The van der Waals surface area contributed by atoms with Crippen LogP contribution in [0, 0.1) is 0 Å². The highest BCUT2D eigenvalue weighted by molar-refractivity contribution is 5.97. The van der Waals surface area contributed by atoms with Crippen molar-refractivity contribution < 1.29 is 4.79 Å². The number of benzene rings is 2. The van der Waals surface area contributed by atoms with E-state index in [4.69, 9.17) is 0 Å². The highest BCUT2D eigenvalue weighted by atomic mass is 16.1. The van der Waals surface area contributed by atoms with Crippen molar-refractivity contribution in [3.8, 4) is 0 Å². The topological polar surface area (TPSA) is 72.2 Å². The van der Waals surface area contributed by atoms with E-state index in [0.29, 0.717) is 23.1 Å². The Morgan fingerprint density at radius 3 is 2.63 bits per heavy atom. The number of hydrogen-bond donors (Lipinski definition) is 1. The number of rotatable bonds is 3. The molecule has 0 aliphatic carbocycles. The smallest absolute Gasteiger partial charge is 0.326 e. The van der Waals surface area contributed by atoms with Crippen LogP contribution in [-0.4, -0.2) is 20.0 Å². The third-order valence-electron chi connectivity index (χ3n) is 4.48. The SMILES string of the molecule is Cn1c(=O)[nH]c2cc(C(=O)N=c3ccccn3Cc3ccccc3)ccc21. The summed E-state index contributed by atoms with van der Waals surface area (Å²) in [5.74, 6) is -0.352. The zero-order chi connectivity index (χ0) is 18.8. The van der Waals surface area contributed by atoms with E-state index in [-0.39, 0.29) is 11.6 Å². The molecule has 4 rings (SSSR count). The molecule has 27 heavy (non-hydrogen) atoms. The van der Waals surface area contributed by atoms with Gasteiger partial charge in [0.05, 0.1) is 11.0 Å². The van der Waals surface area contributed by atoms with Gasteiger partial charge in [0, 0.05) is 25.4 Å². The standard InChI is InChI=1S/C21H18N4O2/c1-24-18-11-10-16(13-17(18)22-21(24)27)20(26)23-19-9-5-6-12-25(19)14-15-7-3-2-4-8-15/h2-13H,14H2,1H3,(H,22,27). The maximum atomic E-state index is 12.7. The molecule has 134 valence electrons. The molecule has 0 radical (unpaired) electrons. The number of carbonyl (C=O) groups is 1. The minimum Gasteiger partial charge on any atom is -0.328 e. The lowest BCUT2D eigenvalue weighted by molar-refractivity contribution is 0.0997. The van der Waals surface area contributed by atoms with Crippen molar-refractivity contribution in [3.63, 3.8) is 0 Å². The van der Waals surface area contributed by atoms with Crippen LogP contribution in [0.3, 0.4) is 0 Å². The van der Waals surface area contributed by atoms with Crippen molar-refractivity contribution in [1.29, 1.82) is 0 Å². The summed E-state index contributed by atoms with van der Waals surface area (Å²) in [4.78, 5) is 31.4. The molecule has 4 aromatic rings. The number of imidazole rings is 1. The summed E-state index contributed by atoms with van der Waals surface area (Å²) >= 11 is 0. The Kier molecular flexibility index (Phi) is 4.30. The summed E-state index contributed by atoms with van der Waals surface area (Å²) in [6.45, 7) is 0.624. The van der Waals surface area contributed by atoms with Crippen LogP contribution in [0.25, 0.3) is 11.0 Å². The average Bonchev–Trinajstić information content (AvgIpc) is 2.97. The quantitative estimate of drug-likeness (QED) is 0.611. The van der Waals surface area contributed by atoms with E-state index in [2.05, 4.69) is 9.98 Å². The van der Waals surface area contributed by atoms with Gasteiger partial charge in [-0.05, 0) is 35.9 Å². The number of nitrogens with one attached hydrogen (secondary N) is 1. The van der Waals surface area contributed by atoms with Crippen LogP contribution in [0.5, 0.6) is 0 Å². The van der Waals surface area contributed by atoms with Crippen molar-refractivity contribution in [2.75, 3.05) is 0 Å². The molecule has 0 unspecified atom stereocenters. The molecule has 2 heterocycles. The van der Waals surface area contributed by atoms with Crippen LogP contribution in [0.15, 0.2) is 82.7 Å². The van der Waals surface area contributed by atoms with Gasteiger partial charge in [0.15, 0.2) is 0 Å². The van der Waals surface area contributed by atoms with Gasteiger partial charge >= 0.3 is 5.69 Å². The van der Waals surface area contributed by atoms with Crippen molar-refractivity contribution in [2.24, 2.45) is 12.0 Å². The molecule has 0 fully saturated rings. The van der Waals surface area contributed by atoms with E-state index in [1.165, 1.54) is 4.57 Å². The molecule has 0 saturated carbocycles. The van der Waals surface area contributed by atoms with Gasteiger partial charge in [-0.1, -0.05) is 36.4 Å². The maximum Gasteiger partial charge on any atom is 0.326 e. The largest absolute Gasteiger partial charge is 0.328 e. The zero-order valence-corrected chi connectivity index (χ0v) is 14.8. The lowest BCUT2D eigenvalue weighted by Gasteiger charge is -2.07. The highest BCUT2D eigenvalue weighted by Gasteiger charge is 2.09. The minimum atomic E-state index is -0.352. The maximum absolute atomic E-state index is 12.7. The fraction of sp³-hybridized carbons (Fsp3) is 0.0952. The number of aromatic amines is 1. The van der Waals surface area contributed by atoms with E-state index in [0.717, 1.165) is 11.1 Å². The second-order valence-electron chi connectivity index (χ2n) is 6.31. The molecule has 2 aromatic carbocycles. The van der Waals surface area contributed by atoms with Crippen molar-refractivity contribution in [1.82, 2.24) is 14.1 Å². The van der Waals surface area contributed by atoms with Gasteiger partial charge in [-0.15, -0.1) is 0 Å². The van der Waals surface area contributed by atoms with E-state index >= 15 is 0 Å². The Morgan fingerprint density at radius 1 is 1.04 bits per heavy atom. The number of fused-ring (bicyclic) bond motifs is 1. The molecule has 0 aliphatic heterocycles. The van der Waals surface area contributed by atoms with E-state index in [1.807, 2.05) is 59.3 Å². The van der Waals surface area contributed by atoms with Crippen molar-refractivity contribution >= 4 is 16.9 Å². The first kappa shape index (κ1) is 16.8. The third kappa shape index (κ3) is 3.37. The lowest BCUT2D eigenvalue weighted by Crippen LogP contribution is -2.22. The van der Waals surface area contributed by atoms with Gasteiger partial charge in [-0.25, -0.2) is 4.79 Å². The number of amides is 1. The highest BCUT2D eigenvalue weighted by Crippen LogP contribution is 2.12. The van der Waals surface area contributed by atoms with Gasteiger partial charge in [-0.2, -0.15) is 4.99 Å². The van der Waals surface area contributed by atoms with E-state index in [9.17, 15) is 9.59 Å². The molecular formula is C21H18N4O2. The first-order chi connectivity index (χ1) is 13.1. The fourth-order valence-electron chi connectivity index (χ4n) is 3.02. The van der Waals surface area contributed by atoms with Crippen LogP contribution in [0.1, 0.15) is 15.9 Å². The van der Waals surface area contributed by atoms with Gasteiger partial charge in [0.25, 0.3) is 5.91 Å². The number of H-pyrrole nitrogens is 1. The molecule has 1 N–H and O–H groups in total. The van der Waals surface area contributed by atoms with Gasteiger partial charge in [0.2, 0.25) is 0 Å². The monoisotopic (exact) mass is 358 g/mol. The number of nitrogens with zero attached hydrogens (tertiary/aromatic N) is 3. The minimum absolute atomic E-state index is 0.213. The molecule has 2 aromatic heterocycles. The zero-order valence-electron chi connectivity index (χ0n) is 14.8. The Balaban J connectivity index is 1.71. The summed E-state index contributed by atoms with van der Waals surface area (Å²) in [6.07, 6.45) is 1.90. The number of pyridine rings is 1. The molecule has 6 heteroatoms. The Labute approximate surface area is 155 Å². The summed E-state index contributed by atoms with van der Waals surface area (Å²) in [5.41, 5.74) is 3.29. The van der Waals surface area contributed by atoms with Gasteiger partial charge in [-0.3, -0.25) is 9.36 Å². The third-order valence-corrected chi connectivity index (χ3v) is 4.48. The lowest BCUT2D eigenvalue weighted by atomic mass is 10.2. The van der Waals surface area contributed by atoms with Crippen LogP contribution in [-0.2, 0) is 13.6 Å². The van der Waals surface area contributed by atoms with Crippen LogP contribution < -0.4 is 11.2 Å². The molecule has 0 saturated heterocycles. The Hall–Kier alpha value is -3.67. The van der Waals surface area contributed by atoms with E-state index in [1.54, 1.807) is 25.2 Å². The molecule has 0 atom stereocenters. The van der Waals surface area contributed by atoms with Gasteiger partial charge < -0.3 is 9.55 Å². The number of aromatic nitrogens is 3. The molecule has 6 nitrogen and oxygen atoms in total. The molecule has 0 bridgehead atoms. The fourth-order valence-corrected chi connectivity index (χ4v) is 3.02. The Bertz CT molecular complexity index is 1250. The first-order valence-corrected chi connectivity index (χ1v) is 8.59. The van der Waals surface area contributed by atoms with Crippen LogP contribution in [0.2, 0.25) is 0 Å². The average molecular weight is 358 g/mol. The second kappa shape index (κ2) is 6.92. The first-order valence-electron chi connectivity index (χ1n) is 8.59. The predicted molar refractivity (Wildman–Crippen MR) is 103 cm³/mol. The van der Waals surface area contributed by atoms with Crippen molar-refractivity contribution in [2.45, 2.75) is 6.54 Å². The van der Waals surface area contributed by atoms with E-state index < -0.39 is 0 Å². The molecule has 1 amide bonds. The van der Waals surface area contributed by atoms with Gasteiger partial charge in [0.1, 0.15) is 5.49 Å². The summed E-state index contributed by atoms with van der Waals surface area (Å²) < 4.78 is 3.43. The van der Waals surface area contributed by atoms with Crippen LogP contribution in [0.4, 0.5) is 0 Å². The number of carbonyl (C=O) groups excluding carboxylic acids is 1. The predicted octanol–water partition coefficient (Wildman–Crippen LogP) is 2.46. The van der Waals surface area contributed by atoms with Crippen LogP contribution >= 0.6 is 0 Å². The molecule has 0 aliphatic rings. The Morgan fingerprint density at radius 2 is 1.81 bits per heavy atom. The number of hydrogen-bond acceptors (Lipinski definition) is 2. The molecular weight excluding hydrogens is 340 g/mol. The number of aryl methyl sites for hydroxylation is 1.